The van der Waals surface area contributed by atoms with Crippen molar-refractivity contribution in [2.24, 2.45) is 5.41 Å². The minimum atomic E-state index is -4.50. The molecule has 1 aromatic heterocycles. The minimum Gasteiger partial charge on any atom is -0.345 e. The predicted octanol–water partition coefficient (Wildman–Crippen LogP) is 5.46. The van der Waals surface area contributed by atoms with Crippen molar-refractivity contribution in [2.45, 2.75) is 46.7 Å². The molecule has 0 amide bonds. The second-order valence-corrected chi connectivity index (χ2v) is 6.55. The summed E-state index contributed by atoms with van der Waals surface area (Å²) in [6, 6.07) is 0.794. The number of aromatic nitrogens is 1. The summed E-state index contributed by atoms with van der Waals surface area (Å²) in [5.74, 6) is 0.0361. The van der Waals surface area contributed by atoms with E-state index in [0.717, 1.165) is 12.5 Å². The molecule has 23 heavy (non-hydrogen) atoms. The van der Waals surface area contributed by atoms with Gasteiger partial charge in [0.1, 0.15) is 5.82 Å². The van der Waals surface area contributed by atoms with Crippen molar-refractivity contribution >= 4 is 23.2 Å². The second-order valence-electron chi connectivity index (χ2n) is 6.14. The van der Waals surface area contributed by atoms with Crippen molar-refractivity contribution in [1.29, 1.82) is 0 Å². The van der Waals surface area contributed by atoms with Crippen molar-refractivity contribution in [3.8, 4) is 0 Å². The molecule has 0 aliphatic heterocycles. The Morgan fingerprint density at radius 1 is 1.39 bits per heavy atom. The van der Waals surface area contributed by atoms with E-state index in [2.05, 4.69) is 10.3 Å². The number of allylic oxidation sites excluding steroid dienone is 1. The van der Waals surface area contributed by atoms with E-state index in [-0.39, 0.29) is 22.0 Å². The largest absolute Gasteiger partial charge is 0.417 e. The third-order valence-corrected chi connectivity index (χ3v) is 3.92. The molecule has 0 aromatic carbocycles. The lowest BCUT2D eigenvalue weighted by molar-refractivity contribution is -0.137. The molecule has 7 heteroatoms. The number of nitrogens with one attached hydrogen (secondary N) is 1. The SMILES string of the molecule is CCC(C)(C)CC(=O)/C(C)=C/Nc1ncc(C(F)(F)F)cc1Cl. The number of alkyl halides is 3. The van der Waals surface area contributed by atoms with Crippen molar-refractivity contribution in [2.75, 3.05) is 5.32 Å². The topological polar surface area (TPSA) is 42.0 Å². The smallest absolute Gasteiger partial charge is 0.345 e. The van der Waals surface area contributed by atoms with E-state index < -0.39 is 11.7 Å². The van der Waals surface area contributed by atoms with Gasteiger partial charge in [0.15, 0.2) is 5.78 Å². The van der Waals surface area contributed by atoms with Crippen molar-refractivity contribution in [3.63, 3.8) is 0 Å². The molecule has 128 valence electrons. The third-order valence-electron chi connectivity index (χ3n) is 3.63. The summed E-state index contributed by atoms with van der Waals surface area (Å²) in [5, 5.41) is 2.52. The maximum absolute atomic E-state index is 12.5. The van der Waals surface area contributed by atoms with Gasteiger partial charge in [-0.3, -0.25) is 4.79 Å². The molecule has 1 N–H and O–H groups in total. The number of hydrogen-bond acceptors (Lipinski definition) is 3. The summed E-state index contributed by atoms with van der Waals surface area (Å²) in [7, 11) is 0. The number of carbonyl (C=O) groups excluding carboxylic acids is 1. The monoisotopic (exact) mass is 348 g/mol. The summed E-state index contributed by atoms with van der Waals surface area (Å²) < 4.78 is 37.6. The van der Waals surface area contributed by atoms with Gasteiger partial charge in [0.05, 0.1) is 10.6 Å². The Balaban J connectivity index is 2.82. The average Bonchev–Trinajstić information content (AvgIpc) is 2.44. The molecule has 0 fully saturated rings. The molecular weight excluding hydrogens is 329 g/mol. The molecule has 3 nitrogen and oxygen atoms in total. The molecule has 0 spiro atoms. The fourth-order valence-electron chi connectivity index (χ4n) is 1.66. The fraction of sp³-hybridized carbons (Fsp3) is 0.500. The molecule has 1 rings (SSSR count). The van der Waals surface area contributed by atoms with Crippen LogP contribution in [-0.4, -0.2) is 10.8 Å². The van der Waals surface area contributed by atoms with Crippen LogP contribution >= 0.6 is 11.6 Å². The fourth-order valence-corrected chi connectivity index (χ4v) is 1.88. The van der Waals surface area contributed by atoms with Gasteiger partial charge >= 0.3 is 6.18 Å². The van der Waals surface area contributed by atoms with Crippen molar-refractivity contribution in [1.82, 2.24) is 4.98 Å². The summed E-state index contributed by atoms with van der Waals surface area (Å²) in [5.41, 5.74) is -0.560. The number of ketones is 1. The molecule has 0 atom stereocenters. The summed E-state index contributed by atoms with van der Waals surface area (Å²) in [4.78, 5) is 15.7. The molecule has 1 heterocycles. The third kappa shape index (κ3) is 5.86. The van der Waals surface area contributed by atoms with Gasteiger partial charge in [-0.2, -0.15) is 13.2 Å². The van der Waals surface area contributed by atoms with E-state index >= 15 is 0 Å². The van der Waals surface area contributed by atoms with Crippen LogP contribution in [0.3, 0.4) is 0 Å². The number of nitrogens with zero attached hydrogens (tertiary/aromatic N) is 1. The van der Waals surface area contributed by atoms with Gasteiger partial charge < -0.3 is 5.32 Å². The quantitative estimate of drug-likeness (QED) is 0.693. The van der Waals surface area contributed by atoms with Gasteiger partial charge in [-0.1, -0.05) is 38.8 Å². The number of carbonyl (C=O) groups is 1. The zero-order valence-electron chi connectivity index (χ0n) is 13.5. The number of rotatable bonds is 6. The van der Waals surface area contributed by atoms with Gasteiger partial charge in [0.2, 0.25) is 0 Å². The predicted molar refractivity (Wildman–Crippen MR) is 85.3 cm³/mol. The molecule has 0 aliphatic rings. The van der Waals surface area contributed by atoms with E-state index in [0.29, 0.717) is 18.2 Å². The lowest BCUT2D eigenvalue weighted by atomic mass is 9.83. The summed E-state index contributed by atoms with van der Waals surface area (Å²) in [6.07, 6.45) is -1.13. The molecule has 0 bridgehead atoms. The van der Waals surface area contributed by atoms with E-state index in [1.54, 1.807) is 6.92 Å². The Morgan fingerprint density at radius 3 is 2.48 bits per heavy atom. The first kappa shape index (κ1) is 19.5. The van der Waals surface area contributed by atoms with Crippen LogP contribution in [0.25, 0.3) is 0 Å². The van der Waals surface area contributed by atoms with Crippen LogP contribution < -0.4 is 5.32 Å². The molecule has 0 saturated heterocycles. The molecule has 0 unspecified atom stereocenters. The zero-order chi connectivity index (χ0) is 17.8. The van der Waals surface area contributed by atoms with Gasteiger partial charge in [-0.05, 0) is 18.4 Å². The standard InChI is InChI=1S/C16H20ClF3N2O/c1-5-15(3,4)7-13(23)10(2)8-21-14-12(17)6-11(9-22-14)16(18,19)20/h6,8-9H,5,7H2,1-4H3,(H,21,22)/b10-8+. The van der Waals surface area contributed by atoms with Crippen LogP contribution in [0.4, 0.5) is 19.0 Å². The van der Waals surface area contributed by atoms with Crippen LogP contribution in [0.5, 0.6) is 0 Å². The van der Waals surface area contributed by atoms with Crippen molar-refractivity contribution in [3.05, 3.63) is 34.6 Å². The second kappa shape index (κ2) is 7.34. The van der Waals surface area contributed by atoms with Crippen LogP contribution in [-0.2, 0) is 11.0 Å². The highest BCUT2D eigenvalue weighted by molar-refractivity contribution is 6.33. The van der Waals surface area contributed by atoms with Gasteiger partial charge in [-0.15, -0.1) is 0 Å². The first-order valence-electron chi connectivity index (χ1n) is 7.15. The maximum atomic E-state index is 12.5. The average molecular weight is 349 g/mol. The highest BCUT2D eigenvalue weighted by Gasteiger charge is 2.31. The van der Waals surface area contributed by atoms with Crippen LogP contribution in [0.2, 0.25) is 5.02 Å². The number of halogens is 4. The Kier molecular flexibility index (Phi) is 6.22. The van der Waals surface area contributed by atoms with Crippen molar-refractivity contribution < 1.29 is 18.0 Å². The van der Waals surface area contributed by atoms with E-state index in [9.17, 15) is 18.0 Å². The Morgan fingerprint density at radius 2 is 2.00 bits per heavy atom. The lowest BCUT2D eigenvalue weighted by Gasteiger charge is -2.21. The van der Waals surface area contributed by atoms with Crippen LogP contribution in [0.1, 0.15) is 46.1 Å². The highest BCUT2D eigenvalue weighted by Crippen LogP contribution is 2.32. The van der Waals surface area contributed by atoms with E-state index in [1.165, 1.54) is 6.20 Å². The van der Waals surface area contributed by atoms with E-state index in [4.69, 9.17) is 11.6 Å². The summed E-state index contributed by atoms with van der Waals surface area (Å²) >= 11 is 5.79. The van der Waals surface area contributed by atoms with E-state index in [1.807, 2.05) is 20.8 Å². The number of anilines is 1. The van der Waals surface area contributed by atoms with Crippen LogP contribution in [0, 0.1) is 5.41 Å². The molecular formula is C16H20ClF3N2O. The number of Topliss-reactive ketones (excluding diaryl/α,β-unsaturated/α-hetero) is 1. The molecule has 1 aromatic rings. The van der Waals surface area contributed by atoms with Gasteiger partial charge in [0.25, 0.3) is 0 Å². The maximum Gasteiger partial charge on any atom is 0.417 e. The van der Waals surface area contributed by atoms with Crippen LogP contribution in [0.15, 0.2) is 24.0 Å². The Labute approximate surface area is 138 Å². The Bertz CT molecular complexity index is 610. The van der Waals surface area contributed by atoms with Gasteiger partial charge in [-0.25, -0.2) is 4.98 Å². The lowest BCUT2D eigenvalue weighted by Crippen LogP contribution is -2.17. The number of hydrogen-bond donors (Lipinski definition) is 1. The first-order valence-corrected chi connectivity index (χ1v) is 7.53. The minimum absolute atomic E-state index is 0.0348. The zero-order valence-corrected chi connectivity index (χ0v) is 14.3. The first-order chi connectivity index (χ1) is 10.5. The summed E-state index contributed by atoms with van der Waals surface area (Å²) in [6.45, 7) is 7.65. The molecule has 0 radical (unpaired) electrons. The molecule has 0 saturated carbocycles. The highest BCUT2D eigenvalue weighted by atomic mass is 35.5. The van der Waals surface area contributed by atoms with Gasteiger partial charge in [0, 0.05) is 24.4 Å². The molecule has 0 aliphatic carbocycles. The number of pyridine rings is 1. The normalized spacial score (nSPS) is 13.1. The Hall–Kier alpha value is -1.56.